The van der Waals surface area contributed by atoms with Gasteiger partial charge in [0.15, 0.2) is 0 Å². The first kappa shape index (κ1) is 18.6. The van der Waals surface area contributed by atoms with Crippen LogP contribution >= 0.6 is 0 Å². The zero-order valence-corrected chi connectivity index (χ0v) is 13.8. The molecule has 0 aliphatic carbocycles. The van der Waals surface area contributed by atoms with E-state index in [0.29, 0.717) is 5.69 Å². The second kappa shape index (κ2) is 8.28. The van der Waals surface area contributed by atoms with Crippen molar-refractivity contribution in [3.8, 4) is 0 Å². The molecule has 0 saturated carbocycles. The number of anilines is 1. The first-order chi connectivity index (χ1) is 10.7. The van der Waals surface area contributed by atoms with Gasteiger partial charge in [0, 0.05) is 18.0 Å². The summed E-state index contributed by atoms with van der Waals surface area (Å²) in [5, 5.41) is 13.7. The Labute approximate surface area is 135 Å². The van der Waals surface area contributed by atoms with Crippen LogP contribution in [0.15, 0.2) is 18.2 Å². The molecule has 0 heterocycles. The van der Waals surface area contributed by atoms with Crippen LogP contribution < -0.4 is 16.1 Å². The lowest BCUT2D eigenvalue weighted by atomic mass is 10.1. The van der Waals surface area contributed by atoms with Crippen molar-refractivity contribution in [2.75, 3.05) is 5.32 Å². The summed E-state index contributed by atoms with van der Waals surface area (Å²) in [6, 6.07) is 4.81. The van der Waals surface area contributed by atoms with E-state index in [4.69, 9.17) is 5.21 Å². The predicted octanol–water partition coefficient (Wildman–Crippen LogP) is 1.28. The maximum absolute atomic E-state index is 12.1. The van der Waals surface area contributed by atoms with Crippen LogP contribution in [0.5, 0.6) is 0 Å². The zero-order chi connectivity index (χ0) is 17.6. The standard InChI is InChI=1S/C16H23N3O4/c1-9-5-6-13(7-10(9)2)18-16(22)12(4)17-15(21)11(3)8-14(20)19-23/h5-7,11-12,23H,8H2,1-4H3,(H,17,21)(H,18,22)(H,19,20). The largest absolute Gasteiger partial charge is 0.344 e. The Bertz CT molecular complexity index is 601. The molecule has 0 radical (unpaired) electrons. The second-order valence-electron chi connectivity index (χ2n) is 5.66. The number of nitrogens with one attached hydrogen (secondary N) is 3. The number of benzene rings is 1. The van der Waals surface area contributed by atoms with Crippen molar-refractivity contribution in [2.24, 2.45) is 5.92 Å². The van der Waals surface area contributed by atoms with Gasteiger partial charge in [-0.15, -0.1) is 0 Å². The zero-order valence-electron chi connectivity index (χ0n) is 13.8. The molecular weight excluding hydrogens is 298 g/mol. The van der Waals surface area contributed by atoms with Gasteiger partial charge in [0.25, 0.3) is 0 Å². The number of hydrogen-bond acceptors (Lipinski definition) is 4. The smallest absolute Gasteiger partial charge is 0.246 e. The van der Waals surface area contributed by atoms with Gasteiger partial charge in [-0.1, -0.05) is 13.0 Å². The van der Waals surface area contributed by atoms with Gasteiger partial charge in [0.1, 0.15) is 6.04 Å². The first-order valence-corrected chi connectivity index (χ1v) is 7.36. The van der Waals surface area contributed by atoms with E-state index in [2.05, 4.69) is 10.6 Å². The van der Waals surface area contributed by atoms with E-state index >= 15 is 0 Å². The minimum atomic E-state index is -0.747. The molecule has 1 aromatic rings. The van der Waals surface area contributed by atoms with Crippen LogP contribution in [0.3, 0.4) is 0 Å². The molecule has 2 atom stereocenters. The summed E-state index contributed by atoms with van der Waals surface area (Å²) in [6.45, 7) is 7.03. The summed E-state index contributed by atoms with van der Waals surface area (Å²) in [6.07, 6.45) is -0.159. The summed E-state index contributed by atoms with van der Waals surface area (Å²) < 4.78 is 0. The molecule has 23 heavy (non-hydrogen) atoms. The maximum Gasteiger partial charge on any atom is 0.246 e. The van der Waals surface area contributed by atoms with E-state index in [1.165, 1.54) is 5.48 Å². The van der Waals surface area contributed by atoms with Crippen LogP contribution in [0, 0.1) is 19.8 Å². The summed E-state index contributed by atoms with van der Waals surface area (Å²) in [5.41, 5.74) is 4.31. The molecule has 0 spiro atoms. The molecule has 7 heteroatoms. The lowest BCUT2D eigenvalue weighted by Gasteiger charge is -2.17. The van der Waals surface area contributed by atoms with Crippen molar-refractivity contribution in [1.82, 2.24) is 10.8 Å². The Kier molecular flexibility index (Phi) is 6.71. The number of carbonyl (C=O) groups is 3. The van der Waals surface area contributed by atoms with Crippen LogP contribution in [0.25, 0.3) is 0 Å². The number of hydroxylamine groups is 1. The molecule has 2 unspecified atom stereocenters. The van der Waals surface area contributed by atoms with Crippen LogP contribution in [0.4, 0.5) is 5.69 Å². The molecule has 4 N–H and O–H groups in total. The highest BCUT2D eigenvalue weighted by molar-refractivity contribution is 5.97. The normalized spacial score (nSPS) is 12.9. The molecule has 7 nitrogen and oxygen atoms in total. The van der Waals surface area contributed by atoms with Gasteiger partial charge < -0.3 is 10.6 Å². The van der Waals surface area contributed by atoms with Crippen molar-refractivity contribution in [3.63, 3.8) is 0 Å². The lowest BCUT2D eigenvalue weighted by molar-refractivity contribution is -0.135. The van der Waals surface area contributed by atoms with Crippen LogP contribution in [-0.4, -0.2) is 29.0 Å². The molecule has 0 aliphatic heterocycles. The average molecular weight is 321 g/mol. The lowest BCUT2D eigenvalue weighted by Crippen LogP contribution is -2.44. The van der Waals surface area contributed by atoms with Crippen LogP contribution in [-0.2, 0) is 14.4 Å². The molecule has 0 bridgehead atoms. The third-order valence-electron chi connectivity index (χ3n) is 3.59. The van der Waals surface area contributed by atoms with E-state index in [9.17, 15) is 14.4 Å². The molecule has 0 aromatic heterocycles. The third-order valence-corrected chi connectivity index (χ3v) is 3.59. The van der Waals surface area contributed by atoms with E-state index in [1.807, 2.05) is 26.0 Å². The number of carbonyl (C=O) groups excluding carboxylic acids is 3. The van der Waals surface area contributed by atoms with Crippen LogP contribution in [0.1, 0.15) is 31.4 Å². The Balaban J connectivity index is 2.57. The quantitative estimate of drug-likeness (QED) is 0.467. The van der Waals surface area contributed by atoms with Crippen molar-refractivity contribution in [2.45, 2.75) is 40.2 Å². The fourth-order valence-electron chi connectivity index (χ4n) is 1.91. The Morgan fingerprint density at radius 1 is 1.09 bits per heavy atom. The Morgan fingerprint density at radius 2 is 1.74 bits per heavy atom. The molecular formula is C16H23N3O4. The Hall–Kier alpha value is -2.41. The third kappa shape index (κ3) is 5.71. The van der Waals surface area contributed by atoms with E-state index in [0.717, 1.165) is 11.1 Å². The summed E-state index contributed by atoms with van der Waals surface area (Å²) in [5.74, 6) is -2.09. The summed E-state index contributed by atoms with van der Waals surface area (Å²) in [4.78, 5) is 35.0. The topological polar surface area (TPSA) is 108 Å². The molecule has 3 amide bonds. The number of aryl methyl sites for hydroxylation is 2. The molecule has 1 rings (SSSR count). The fraction of sp³-hybridized carbons (Fsp3) is 0.438. The summed E-state index contributed by atoms with van der Waals surface area (Å²) >= 11 is 0. The fourth-order valence-corrected chi connectivity index (χ4v) is 1.91. The van der Waals surface area contributed by atoms with Gasteiger partial charge in [-0.3, -0.25) is 19.6 Å². The number of rotatable bonds is 6. The number of amides is 3. The second-order valence-corrected chi connectivity index (χ2v) is 5.66. The maximum atomic E-state index is 12.1. The monoisotopic (exact) mass is 321 g/mol. The minimum absolute atomic E-state index is 0.159. The average Bonchev–Trinajstić information content (AvgIpc) is 2.50. The highest BCUT2D eigenvalue weighted by Gasteiger charge is 2.21. The Morgan fingerprint density at radius 3 is 2.30 bits per heavy atom. The van der Waals surface area contributed by atoms with Crippen molar-refractivity contribution >= 4 is 23.4 Å². The molecule has 1 aromatic carbocycles. The highest BCUT2D eigenvalue weighted by Crippen LogP contribution is 2.14. The molecule has 0 saturated heterocycles. The summed E-state index contributed by atoms with van der Waals surface area (Å²) in [7, 11) is 0. The molecule has 0 fully saturated rings. The van der Waals surface area contributed by atoms with Gasteiger partial charge in [0.2, 0.25) is 17.7 Å². The predicted molar refractivity (Wildman–Crippen MR) is 85.9 cm³/mol. The number of hydrogen-bond donors (Lipinski definition) is 4. The van der Waals surface area contributed by atoms with Gasteiger partial charge in [-0.25, -0.2) is 5.48 Å². The first-order valence-electron chi connectivity index (χ1n) is 7.36. The van der Waals surface area contributed by atoms with Crippen LogP contribution in [0.2, 0.25) is 0 Å². The van der Waals surface area contributed by atoms with E-state index in [-0.39, 0.29) is 12.3 Å². The van der Waals surface area contributed by atoms with E-state index < -0.39 is 23.8 Å². The van der Waals surface area contributed by atoms with Gasteiger partial charge in [-0.2, -0.15) is 0 Å². The van der Waals surface area contributed by atoms with E-state index in [1.54, 1.807) is 19.9 Å². The SMILES string of the molecule is Cc1ccc(NC(=O)C(C)NC(=O)C(C)CC(=O)NO)cc1C. The van der Waals surface area contributed by atoms with Crippen molar-refractivity contribution < 1.29 is 19.6 Å². The molecule has 0 aliphatic rings. The minimum Gasteiger partial charge on any atom is -0.344 e. The van der Waals surface area contributed by atoms with Gasteiger partial charge >= 0.3 is 0 Å². The van der Waals surface area contributed by atoms with Gasteiger partial charge in [-0.05, 0) is 44.0 Å². The van der Waals surface area contributed by atoms with Crippen molar-refractivity contribution in [1.29, 1.82) is 0 Å². The van der Waals surface area contributed by atoms with Crippen molar-refractivity contribution in [3.05, 3.63) is 29.3 Å². The highest BCUT2D eigenvalue weighted by atomic mass is 16.5. The molecule has 126 valence electrons. The van der Waals surface area contributed by atoms with Gasteiger partial charge in [0.05, 0.1) is 0 Å².